The van der Waals surface area contributed by atoms with Gasteiger partial charge in [0.1, 0.15) is 0 Å². The molecule has 1 saturated heterocycles. The first kappa shape index (κ1) is 17.8. The predicted octanol–water partition coefficient (Wildman–Crippen LogP) is 3.31. The molecule has 0 bridgehead atoms. The lowest BCUT2D eigenvalue weighted by atomic mass is 10.2. The van der Waals surface area contributed by atoms with Gasteiger partial charge in [-0.3, -0.25) is 4.79 Å². The number of carbonyl (C=O) groups excluding carboxylic acids is 2. The first-order chi connectivity index (χ1) is 12.5. The maximum absolute atomic E-state index is 12.4. The van der Waals surface area contributed by atoms with Crippen molar-refractivity contribution in [3.63, 3.8) is 0 Å². The van der Waals surface area contributed by atoms with Crippen LogP contribution >= 0.6 is 0 Å². The van der Waals surface area contributed by atoms with E-state index in [1.165, 1.54) is 18.2 Å². The number of urea groups is 1. The second kappa shape index (κ2) is 7.91. The van der Waals surface area contributed by atoms with E-state index < -0.39 is 0 Å². The lowest BCUT2D eigenvalue weighted by molar-refractivity contribution is -0.114. The SMILES string of the molecule is CC(=O)Nc1ccc(NC(=O)N2CCN(c3ccc(C)cc3)CC2)cc1. The Kier molecular flexibility index (Phi) is 5.41. The normalized spacial score (nSPS) is 14.1. The van der Waals surface area contributed by atoms with Gasteiger partial charge >= 0.3 is 6.03 Å². The predicted molar refractivity (Wildman–Crippen MR) is 105 cm³/mol. The fraction of sp³-hybridized carbons (Fsp3) is 0.300. The summed E-state index contributed by atoms with van der Waals surface area (Å²) in [5.74, 6) is -0.117. The van der Waals surface area contributed by atoms with Gasteiger partial charge in [0, 0.05) is 50.2 Å². The second-order valence-corrected chi connectivity index (χ2v) is 6.50. The number of aryl methyl sites for hydroxylation is 1. The average molecular weight is 352 g/mol. The third-order valence-corrected chi connectivity index (χ3v) is 4.42. The summed E-state index contributed by atoms with van der Waals surface area (Å²) in [6, 6.07) is 15.5. The highest BCUT2D eigenvalue weighted by Gasteiger charge is 2.21. The maximum atomic E-state index is 12.4. The first-order valence-electron chi connectivity index (χ1n) is 8.76. The summed E-state index contributed by atoms with van der Waals surface area (Å²) in [5, 5.41) is 5.61. The highest BCUT2D eigenvalue weighted by molar-refractivity contribution is 5.91. The Morgan fingerprint density at radius 1 is 0.808 bits per heavy atom. The van der Waals surface area contributed by atoms with Crippen LogP contribution in [0.3, 0.4) is 0 Å². The number of rotatable bonds is 3. The second-order valence-electron chi connectivity index (χ2n) is 6.50. The minimum absolute atomic E-state index is 0.0965. The highest BCUT2D eigenvalue weighted by atomic mass is 16.2. The number of hydrogen-bond acceptors (Lipinski definition) is 3. The van der Waals surface area contributed by atoms with Gasteiger partial charge in [-0.2, -0.15) is 0 Å². The molecule has 3 amide bonds. The van der Waals surface area contributed by atoms with Crippen molar-refractivity contribution < 1.29 is 9.59 Å². The minimum Gasteiger partial charge on any atom is -0.368 e. The van der Waals surface area contributed by atoms with E-state index in [9.17, 15) is 9.59 Å². The van der Waals surface area contributed by atoms with Crippen LogP contribution in [-0.4, -0.2) is 43.0 Å². The molecule has 0 saturated carbocycles. The van der Waals surface area contributed by atoms with Crippen LogP contribution in [0.4, 0.5) is 21.9 Å². The summed E-state index contributed by atoms with van der Waals surface area (Å²) in [6.45, 7) is 6.55. The van der Waals surface area contributed by atoms with E-state index in [0.717, 1.165) is 13.1 Å². The van der Waals surface area contributed by atoms with Crippen molar-refractivity contribution in [2.24, 2.45) is 0 Å². The number of anilines is 3. The molecule has 6 nitrogen and oxygen atoms in total. The minimum atomic E-state index is -0.117. The molecule has 1 aliphatic heterocycles. The van der Waals surface area contributed by atoms with Crippen LogP contribution in [0.25, 0.3) is 0 Å². The summed E-state index contributed by atoms with van der Waals surface area (Å²) in [6.07, 6.45) is 0. The smallest absolute Gasteiger partial charge is 0.321 e. The Bertz CT molecular complexity index is 763. The van der Waals surface area contributed by atoms with Gasteiger partial charge in [-0.05, 0) is 43.3 Å². The molecule has 1 fully saturated rings. The van der Waals surface area contributed by atoms with E-state index >= 15 is 0 Å². The van der Waals surface area contributed by atoms with Gasteiger partial charge in [-0.15, -0.1) is 0 Å². The van der Waals surface area contributed by atoms with Crippen molar-refractivity contribution in [2.45, 2.75) is 13.8 Å². The quantitative estimate of drug-likeness (QED) is 0.891. The lowest BCUT2D eigenvalue weighted by Crippen LogP contribution is -2.50. The Labute approximate surface area is 153 Å². The summed E-state index contributed by atoms with van der Waals surface area (Å²) < 4.78 is 0. The number of carbonyl (C=O) groups is 2. The lowest BCUT2D eigenvalue weighted by Gasteiger charge is -2.36. The van der Waals surface area contributed by atoms with Crippen molar-refractivity contribution in [3.05, 3.63) is 54.1 Å². The van der Waals surface area contributed by atoms with E-state index in [-0.39, 0.29) is 11.9 Å². The Balaban J connectivity index is 1.52. The van der Waals surface area contributed by atoms with Crippen LogP contribution in [0.5, 0.6) is 0 Å². The summed E-state index contributed by atoms with van der Waals surface area (Å²) in [7, 11) is 0. The van der Waals surface area contributed by atoms with Crippen LogP contribution in [-0.2, 0) is 4.79 Å². The van der Waals surface area contributed by atoms with Gasteiger partial charge in [0.25, 0.3) is 0 Å². The monoisotopic (exact) mass is 352 g/mol. The summed E-state index contributed by atoms with van der Waals surface area (Å²) in [4.78, 5) is 27.6. The zero-order valence-corrected chi connectivity index (χ0v) is 15.2. The standard InChI is InChI=1S/C20H24N4O2/c1-15-3-9-19(10-4-15)23-11-13-24(14-12-23)20(26)22-18-7-5-17(6-8-18)21-16(2)25/h3-10H,11-14H2,1-2H3,(H,21,25)(H,22,26). The van der Waals surface area contributed by atoms with Crippen LogP contribution in [0, 0.1) is 6.92 Å². The molecule has 6 heteroatoms. The van der Waals surface area contributed by atoms with E-state index in [1.807, 2.05) is 4.90 Å². The van der Waals surface area contributed by atoms with E-state index in [2.05, 4.69) is 46.7 Å². The number of nitrogens with zero attached hydrogens (tertiary/aromatic N) is 2. The summed E-state index contributed by atoms with van der Waals surface area (Å²) >= 11 is 0. The molecule has 0 radical (unpaired) electrons. The molecule has 0 spiro atoms. The van der Waals surface area contributed by atoms with Crippen LogP contribution in [0.2, 0.25) is 0 Å². The van der Waals surface area contributed by atoms with Crippen molar-refractivity contribution >= 4 is 29.0 Å². The van der Waals surface area contributed by atoms with Gasteiger partial charge in [0.05, 0.1) is 0 Å². The van der Waals surface area contributed by atoms with Crippen molar-refractivity contribution in [2.75, 3.05) is 41.7 Å². The largest absolute Gasteiger partial charge is 0.368 e. The molecule has 1 heterocycles. The molecule has 0 unspecified atom stereocenters. The van der Waals surface area contributed by atoms with Crippen LogP contribution in [0.1, 0.15) is 12.5 Å². The molecule has 2 aromatic rings. The maximum Gasteiger partial charge on any atom is 0.321 e. The van der Waals surface area contributed by atoms with E-state index in [1.54, 1.807) is 24.3 Å². The van der Waals surface area contributed by atoms with Crippen LogP contribution in [0.15, 0.2) is 48.5 Å². The molecule has 26 heavy (non-hydrogen) atoms. The highest BCUT2D eigenvalue weighted by Crippen LogP contribution is 2.18. The number of piperazine rings is 1. The molecule has 136 valence electrons. The Morgan fingerprint density at radius 2 is 1.35 bits per heavy atom. The molecule has 0 aromatic heterocycles. The third-order valence-electron chi connectivity index (χ3n) is 4.42. The molecule has 0 aliphatic carbocycles. The van der Waals surface area contributed by atoms with Crippen LogP contribution < -0.4 is 15.5 Å². The third kappa shape index (κ3) is 4.53. The molecular weight excluding hydrogens is 328 g/mol. The van der Waals surface area contributed by atoms with Gasteiger partial charge in [-0.1, -0.05) is 17.7 Å². The van der Waals surface area contributed by atoms with Gasteiger partial charge in [-0.25, -0.2) is 4.79 Å². The Morgan fingerprint density at radius 3 is 1.88 bits per heavy atom. The fourth-order valence-corrected chi connectivity index (χ4v) is 2.97. The molecule has 2 aromatic carbocycles. The fourth-order valence-electron chi connectivity index (χ4n) is 2.97. The topological polar surface area (TPSA) is 64.7 Å². The number of hydrogen-bond donors (Lipinski definition) is 2. The zero-order valence-electron chi connectivity index (χ0n) is 15.2. The van der Waals surface area contributed by atoms with Gasteiger partial charge in [0.2, 0.25) is 5.91 Å². The zero-order chi connectivity index (χ0) is 18.5. The van der Waals surface area contributed by atoms with Gasteiger partial charge < -0.3 is 20.4 Å². The number of benzene rings is 2. The van der Waals surface area contributed by atoms with Crippen molar-refractivity contribution in [3.8, 4) is 0 Å². The molecule has 0 atom stereocenters. The van der Waals surface area contributed by atoms with E-state index in [4.69, 9.17) is 0 Å². The number of nitrogens with one attached hydrogen (secondary N) is 2. The molecule has 3 rings (SSSR count). The van der Waals surface area contributed by atoms with Gasteiger partial charge in [0.15, 0.2) is 0 Å². The van der Waals surface area contributed by atoms with Crippen molar-refractivity contribution in [1.29, 1.82) is 0 Å². The number of amides is 3. The molecular formula is C20H24N4O2. The Hall–Kier alpha value is -3.02. The molecule has 1 aliphatic rings. The first-order valence-corrected chi connectivity index (χ1v) is 8.76. The average Bonchev–Trinajstić information content (AvgIpc) is 2.64. The van der Waals surface area contributed by atoms with Crippen molar-refractivity contribution in [1.82, 2.24) is 4.90 Å². The molecule has 2 N–H and O–H groups in total. The summed E-state index contributed by atoms with van der Waals surface area (Å²) in [5.41, 5.74) is 3.87. The van der Waals surface area contributed by atoms with E-state index in [0.29, 0.717) is 24.5 Å².